The molecule has 0 saturated heterocycles. The highest BCUT2D eigenvalue weighted by molar-refractivity contribution is 6.32. The van der Waals surface area contributed by atoms with Crippen LogP contribution in [0.3, 0.4) is 0 Å². The van der Waals surface area contributed by atoms with Crippen molar-refractivity contribution in [2.24, 2.45) is 0 Å². The lowest BCUT2D eigenvalue weighted by Crippen LogP contribution is -2.27. The van der Waals surface area contributed by atoms with Crippen molar-refractivity contribution in [3.63, 3.8) is 0 Å². The molecule has 2 aromatic heterocycles. The lowest BCUT2D eigenvalue weighted by atomic mass is 10.3. The van der Waals surface area contributed by atoms with Gasteiger partial charge in [-0.3, -0.25) is 9.59 Å². The van der Waals surface area contributed by atoms with Crippen LogP contribution in [0.4, 0.5) is 11.4 Å². The number of anilines is 2. The molecule has 0 unspecified atom stereocenters. The van der Waals surface area contributed by atoms with Crippen LogP contribution >= 0.6 is 11.6 Å². The Bertz CT molecular complexity index is 712. The summed E-state index contributed by atoms with van der Waals surface area (Å²) in [4.78, 5) is 27.4. The summed E-state index contributed by atoms with van der Waals surface area (Å²) in [6.07, 6.45) is 3.01. The molecular weight excluding hydrogens is 280 g/mol. The molecule has 0 aromatic carbocycles. The number of hydrogen-bond donors (Lipinski definition) is 2. The Morgan fingerprint density at radius 3 is 3.00 bits per heavy atom. The summed E-state index contributed by atoms with van der Waals surface area (Å²) >= 11 is 5.89. The van der Waals surface area contributed by atoms with Crippen molar-refractivity contribution < 1.29 is 4.79 Å². The third-order valence-electron chi connectivity index (χ3n) is 2.57. The van der Waals surface area contributed by atoms with Gasteiger partial charge in [0.2, 0.25) is 5.91 Å². The smallest absolute Gasteiger partial charge is 0.251 e. The van der Waals surface area contributed by atoms with Gasteiger partial charge in [0.1, 0.15) is 6.54 Å². The minimum absolute atomic E-state index is 0.145. The number of carbonyl (C=O) groups is 1. The highest BCUT2D eigenvalue weighted by Gasteiger charge is 2.08. The third-order valence-corrected chi connectivity index (χ3v) is 2.87. The van der Waals surface area contributed by atoms with Crippen LogP contribution in [0.2, 0.25) is 5.15 Å². The fraction of sp³-hybridized carbons (Fsp3) is 0.154. The van der Waals surface area contributed by atoms with Crippen molar-refractivity contribution in [1.29, 1.82) is 0 Å². The Morgan fingerprint density at radius 1 is 1.50 bits per heavy atom. The maximum absolute atomic E-state index is 11.9. The molecule has 6 nitrogen and oxygen atoms in total. The van der Waals surface area contributed by atoms with Gasteiger partial charge in [-0.2, -0.15) is 0 Å². The Morgan fingerprint density at radius 2 is 2.25 bits per heavy atom. The summed E-state index contributed by atoms with van der Waals surface area (Å²) in [7, 11) is 0. The normalized spacial score (nSPS) is 10.3. The van der Waals surface area contributed by atoms with Gasteiger partial charge in [-0.1, -0.05) is 11.6 Å². The van der Waals surface area contributed by atoms with Crippen LogP contribution in [0.1, 0.15) is 5.56 Å². The third kappa shape index (κ3) is 3.36. The maximum Gasteiger partial charge on any atom is 0.251 e. The van der Waals surface area contributed by atoms with Crippen molar-refractivity contribution in [3.05, 3.63) is 51.7 Å². The van der Waals surface area contributed by atoms with E-state index in [1.54, 1.807) is 12.3 Å². The van der Waals surface area contributed by atoms with E-state index in [2.05, 4.69) is 10.3 Å². The number of carbonyl (C=O) groups excluding carboxylic acids is 1. The molecule has 20 heavy (non-hydrogen) atoms. The van der Waals surface area contributed by atoms with E-state index in [1.807, 2.05) is 6.92 Å². The van der Waals surface area contributed by atoms with Gasteiger partial charge in [0.15, 0.2) is 5.15 Å². The molecule has 2 aromatic rings. The second-order valence-electron chi connectivity index (χ2n) is 4.33. The number of hydrogen-bond acceptors (Lipinski definition) is 4. The van der Waals surface area contributed by atoms with Crippen molar-refractivity contribution in [2.45, 2.75) is 13.5 Å². The van der Waals surface area contributed by atoms with Gasteiger partial charge in [-0.25, -0.2) is 4.98 Å². The van der Waals surface area contributed by atoms with E-state index in [0.717, 1.165) is 5.56 Å². The zero-order valence-corrected chi connectivity index (χ0v) is 11.5. The predicted molar refractivity (Wildman–Crippen MR) is 77.7 cm³/mol. The van der Waals surface area contributed by atoms with Gasteiger partial charge in [0, 0.05) is 24.1 Å². The number of aryl methyl sites for hydroxylation is 1. The van der Waals surface area contributed by atoms with Crippen LogP contribution in [-0.2, 0) is 11.3 Å². The highest BCUT2D eigenvalue weighted by Crippen LogP contribution is 2.19. The Hall–Kier alpha value is -2.34. The van der Waals surface area contributed by atoms with E-state index >= 15 is 0 Å². The second kappa shape index (κ2) is 5.75. The molecule has 0 aliphatic carbocycles. The monoisotopic (exact) mass is 292 g/mol. The first-order valence-electron chi connectivity index (χ1n) is 5.83. The number of pyridine rings is 2. The van der Waals surface area contributed by atoms with Crippen LogP contribution < -0.4 is 16.6 Å². The van der Waals surface area contributed by atoms with E-state index in [9.17, 15) is 9.59 Å². The molecule has 3 N–H and O–H groups in total. The molecule has 104 valence electrons. The average Bonchev–Trinajstić information content (AvgIpc) is 2.38. The van der Waals surface area contributed by atoms with E-state index in [-0.39, 0.29) is 23.2 Å². The van der Waals surface area contributed by atoms with E-state index in [1.165, 1.54) is 22.9 Å². The van der Waals surface area contributed by atoms with E-state index in [4.69, 9.17) is 17.3 Å². The zero-order chi connectivity index (χ0) is 14.7. The summed E-state index contributed by atoms with van der Waals surface area (Å²) in [6.45, 7) is 1.69. The zero-order valence-electron chi connectivity index (χ0n) is 10.8. The van der Waals surface area contributed by atoms with Crippen LogP contribution in [0.15, 0.2) is 35.4 Å². The minimum Gasteiger partial charge on any atom is -0.398 e. The first-order valence-corrected chi connectivity index (χ1v) is 6.21. The van der Waals surface area contributed by atoms with Crippen molar-refractivity contribution in [3.8, 4) is 0 Å². The first kappa shape index (κ1) is 14.1. The van der Waals surface area contributed by atoms with E-state index < -0.39 is 0 Å². The molecule has 2 heterocycles. The van der Waals surface area contributed by atoms with Gasteiger partial charge in [0.25, 0.3) is 5.56 Å². The summed E-state index contributed by atoms with van der Waals surface area (Å²) in [6, 6.07) is 4.50. The molecule has 0 spiro atoms. The fourth-order valence-electron chi connectivity index (χ4n) is 1.66. The van der Waals surface area contributed by atoms with Crippen molar-refractivity contribution in [2.75, 3.05) is 11.1 Å². The quantitative estimate of drug-likeness (QED) is 0.837. The minimum atomic E-state index is -0.382. The van der Waals surface area contributed by atoms with Crippen LogP contribution in [0.25, 0.3) is 0 Å². The Balaban J connectivity index is 2.15. The molecular formula is C13H13ClN4O2. The maximum atomic E-state index is 11.9. The predicted octanol–water partition coefficient (Wildman–Crippen LogP) is 1.43. The van der Waals surface area contributed by atoms with Crippen LogP contribution in [0.5, 0.6) is 0 Å². The van der Waals surface area contributed by atoms with Gasteiger partial charge in [-0.15, -0.1) is 0 Å². The molecule has 0 bridgehead atoms. The first-order chi connectivity index (χ1) is 9.45. The van der Waals surface area contributed by atoms with Gasteiger partial charge >= 0.3 is 0 Å². The molecule has 0 aliphatic heterocycles. The van der Waals surface area contributed by atoms with E-state index in [0.29, 0.717) is 11.4 Å². The molecule has 0 aliphatic rings. The molecule has 0 saturated carbocycles. The van der Waals surface area contributed by atoms with Crippen molar-refractivity contribution >= 4 is 28.9 Å². The molecule has 1 amide bonds. The summed E-state index contributed by atoms with van der Waals surface area (Å²) in [5.74, 6) is -0.382. The average molecular weight is 293 g/mol. The molecule has 0 atom stereocenters. The molecule has 7 heteroatoms. The van der Waals surface area contributed by atoms with Crippen molar-refractivity contribution in [1.82, 2.24) is 9.55 Å². The number of aromatic nitrogens is 2. The lowest BCUT2D eigenvalue weighted by molar-refractivity contribution is -0.116. The van der Waals surface area contributed by atoms with Gasteiger partial charge in [0.05, 0.1) is 5.69 Å². The molecule has 0 fully saturated rings. The Labute approximate surface area is 120 Å². The largest absolute Gasteiger partial charge is 0.398 e. The van der Waals surface area contributed by atoms with Crippen LogP contribution in [-0.4, -0.2) is 15.5 Å². The van der Waals surface area contributed by atoms with Gasteiger partial charge in [-0.05, 0) is 24.6 Å². The number of nitrogens with one attached hydrogen (secondary N) is 1. The Kier molecular flexibility index (Phi) is 4.05. The second-order valence-corrected chi connectivity index (χ2v) is 4.69. The van der Waals surface area contributed by atoms with Gasteiger partial charge < -0.3 is 15.6 Å². The standard InChI is InChI=1S/C13H13ClN4O2/c1-8-4-10(13(14)16-5-8)17-11(19)7-18-6-9(15)2-3-12(18)20/h2-6H,7,15H2,1H3,(H,17,19). The molecule has 2 rings (SSSR count). The number of rotatable bonds is 3. The molecule has 0 radical (unpaired) electrons. The number of halogens is 1. The summed E-state index contributed by atoms with van der Waals surface area (Å²) in [5.41, 5.74) is 6.96. The summed E-state index contributed by atoms with van der Waals surface area (Å²) < 4.78 is 1.22. The summed E-state index contributed by atoms with van der Waals surface area (Å²) in [5, 5.41) is 2.81. The SMILES string of the molecule is Cc1cnc(Cl)c(NC(=O)Cn2cc(N)ccc2=O)c1. The fourth-order valence-corrected chi connectivity index (χ4v) is 1.81. The number of nitrogens with zero attached hydrogens (tertiary/aromatic N) is 2. The number of amides is 1. The number of nitrogen functional groups attached to an aromatic ring is 1. The topological polar surface area (TPSA) is 90.0 Å². The highest BCUT2D eigenvalue weighted by atomic mass is 35.5. The lowest BCUT2D eigenvalue weighted by Gasteiger charge is -2.09. The number of nitrogens with two attached hydrogens (primary N) is 1. The van der Waals surface area contributed by atoms with Crippen LogP contribution in [0, 0.1) is 6.92 Å².